The molecule has 3 saturated carbocycles. The van der Waals surface area contributed by atoms with Crippen LogP contribution in [0.4, 0.5) is 10.1 Å². The first-order chi connectivity index (χ1) is 11.0. The lowest BCUT2D eigenvalue weighted by molar-refractivity contribution is 0.260. The van der Waals surface area contributed by atoms with E-state index in [1.165, 1.54) is 19.3 Å². The van der Waals surface area contributed by atoms with E-state index in [0.29, 0.717) is 33.3 Å². The van der Waals surface area contributed by atoms with E-state index in [4.69, 9.17) is 11.6 Å². The number of fused-ring (bicyclic) bond motifs is 2. The molecule has 1 aromatic heterocycles. The molecular weight excluding hydrogens is 497 g/mol. The number of pyridine rings is 1. The highest BCUT2D eigenvalue weighted by molar-refractivity contribution is 14.1. The van der Waals surface area contributed by atoms with Gasteiger partial charge in [-0.25, -0.2) is 9.37 Å². The summed E-state index contributed by atoms with van der Waals surface area (Å²) in [4.78, 5) is 4.17. The molecule has 7 heteroatoms. The van der Waals surface area contributed by atoms with Gasteiger partial charge in [0.25, 0.3) is 0 Å². The van der Waals surface area contributed by atoms with Crippen molar-refractivity contribution in [3.8, 4) is 0 Å². The molecule has 5 rings (SSSR count). The van der Waals surface area contributed by atoms with Crippen molar-refractivity contribution in [2.24, 2.45) is 11.8 Å². The normalized spacial score (nSPS) is 25.7. The first kappa shape index (κ1) is 16.3. The predicted octanol–water partition coefficient (Wildman–Crippen LogP) is 5.10. The Balaban J connectivity index is 1.92. The van der Waals surface area contributed by atoms with Crippen molar-refractivity contribution in [3.05, 3.63) is 30.6 Å². The van der Waals surface area contributed by atoms with Crippen LogP contribution in [0.2, 0.25) is 5.15 Å². The van der Waals surface area contributed by atoms with Gasteiger partial charge in [0, 0.05) is 20.6 Å². The van der Waals surface area contributed by atoms with Gasteiger partial charge in [-0.2, -0.15) is 0 Å². The maximum atomic E-state index is 14.6. The Labute approximate surface area is 160 Å². The fraction of sp³-hybridized carbons (Fsp3) is 0.438. The van der Waals surface area contributed by atoms with Crippen LogP contribution >= 0.6 is 50.1 Å². The molecule has 3 fully saturated rings. The fourth-order valence-electron chi connectivity index (χ4n) is 3.92. The van der Waals surface area contributed by atoms with Gasteiger partial charge in [-0.1, -0.05) is 11.6 Å². The fourth-order valence-corrected chi connectivity index (χ4v) is 5.01. The number of aliphatic hydroxyl groups is 1. The SMILES string of the molecule is OCc1c(Cl)nc2c(F)c(Br)c(I)cc2c1NC1[C@@H]2CC[C@H]1C2. The first-order valence-corrected chi connectivity index (χ1v) is 9.79. The quantitative estimate of drug-likeness (QED) is 0.343. The summed E-state index contributed by atoms with van der Waals surface area (Å²) in [5.74, 6) is 0.929. The van der Waals surface area contributed by atoms with Gasteiger partial charge in [0.05, 0.1) is 16.8 Å². The van der Waals surface area contributed by atoms with E-state index in [9.17, 15) is 9.50 Å². The molecule has 3 nitrogen and oxygen atoms in total. The molecule has 23 heavy (non-hydrogen) atoms. The second-order valence-electron chi connectivity index (χ2n) is 6.30. The lowest BCUT2D eigenvalue weighted by Gasteiger charge is -2.38. The third-order valence-electron chi connectivity index (χ3n) is 5.17. The summed E-state index contributed by atoms with van der Waals surface area (Å²) in [7, 11) is 0. The number of benzene rings is 1. The Kier molecular flexibility index (Phi) is 4.23. The van der Waals surface area contributed by atoms with Crippen LogP contribution in [0, 0.1) is 21.2 Å². The minimum absolute atomic E-state index is 0.154. The van der Waals surface area contributed by atoms with Crippen molar-refractivity contribution >= 4 is 66.7 Å². The smallest absolute Gasteiger partial charge is 0.164 e. The number of aliphatic hydroxyl groups excluding tert-OH is 1. The largest absolute Gasteiger partial charge is 0.391 e. The van der Waals surface area contributed by atoms with Crippen molar-refractivity contribution < 1.29 is 9.50 Å². The van der Waals surface area contributed by atoms with Crippen molar-refractivity contribution in [1.82, 2.24) is 4.98 Å². The van der Waals surface area contributed by atoms with Gasteiger partial charge >= 0.3 is 0 Å². The Bertz CT molecular complexity index is 805. The van der Waals surface area contributed by atoms with Gasteiger partial charge in [-0.15, -0.1) is 0 Å². The molecule has 3 aliphatic carbocycles. The zero-order chi connectivity index (χ0) is 16.3. The van der Waals surface area contributed by atoms with Crippen molar-refractivity contribution in [2.75, 3.05) is 5.32 Å². The van der Waals surface area contributed by atoms with Crippen LogP contribution < -0.4 is 5.32 Å². The highest BCUT2D eigenvalue weighted by Gasteiger charge is 2.46. The van der Waals surface area contributed by atoms with Crippen LogP contribution in [0.1, 0.15) is 24.8 Å². The first-order valence-electron chi connectivity index (χ1n) is 7.54. The van der Waals surface area contributed by atoms with Crippen molar-refractivity contribution in [2.45, 2.75) is 31.9 Å². The molecule has 3 aliphatic rings. The van der Waals surface area contributed by atoms with E-state index in [-0.39, 0.29) is 17.3 Å². The van der Waals surface area contributed by atoms with Gasteiger partial charge in [0.15, 0.2) is 5.82 Å². The summed E-state index contributed by atoms with van der Waals surface area (Å²) < 4.78 is 15.7. The number of hydrogen-bond acceptors (Lipinski definition) is 3. The number of hydrogen-bond donors (Lipinski definition) is 2. The predicted molar refractivity (Wildman–Crippen MR) is 101 cm³/mol. The molecular formula is C16H14BrClFIN2O. The lowest BCUT2D eigenvalue weighted by atomic mass is 9.78. The van der Waals surface area contributed by atoms with E-state index < -0.39 is 5.82 Å². The Morgan fingerprint density at radius 1 is 1.43 bits per heavy atom. The Morgan fingerprint density at radius 2 is 2.13 bits per heavy atom. The molecule has 0 radical (unpaired) electrons. The van der Waals surface area contributed by atoms with Crippen molar-refractivity contribution in [1.29, 1.82) is 0 Å². The maximum absolute atomic E-state index is 14.6. The maximum Gasteiger partial charge on any atom is 0.164 e. The van der Waals surface area contributed by atoms with E-state index in [1.54, 1.807) is 0 Å². The van der Waals surface area contributed by atoms with Gasteiger partial charge in [-0.3, -0.25) is 0 Å². The van der Waals surface area contributed by atoms with Crippen LogP contribution in [-0.2, 0) is 6.61 Å². The summed E-state index contributed by atoms with van der Waals surface area (Å²) >= 11 is 11.6. The average molecular weight is 512 g/mol. The molecule has 1 heterocycles. The Morgan fingerprint density at radius 3 is 2.74 bits per heavy atom. The molecule has 1 unspecified atom stereocenters. The number of nitrogens with one attached hydrogen (secondary N) is 1. The zero-order valence-corrected chi connectivity index (χ0v) is 16.5. The van der Waals surface area contributed by atoms with Crippen LogP contribution in [0.3, 0.4) is 0 Å². The second-order valence-corrected chi connectivity index (χ2v) is 8.61. The van der Waals surface area contributed by atoms with Crippen LogP contribution in [0.25, 0.3) is 10.9 Å². The van der Waals surface area contributed by atoms with E-state index >= 15 is 0 Å². The number of nitrogens with zero attached hydrogens (tertiary/aromatic N) is 1. The molecule has 0 aliphatic heterocycles. The van der Waals surface area contributed by atoms with E-state index in [0.717, 1.165) is 9.26 Å². The Hall–Kier alpha value is -0.180. The minimum Gasteiger partial charge on any atom is -0.391 e. The van der Waals surface area contributed by atoms with Crippen molar-refractivity contribution in [3.63, 3.8) is 0 Å². The average Bonchev–Trinajstić information content (AvgIpc) is 3.15. The number of rotatable bonds is 3. The third-order valence-corrected chi connectivity index (χ3v) is 7.85. The van der Waals surface area contributed by atoms with Crippen LogP contribution in [-0.4, -0.2) is 16.1 Å². The molecule has 2 N–H and O–H groups in total. The molecule has 2 aromatic rings. The van der Waals surface area contributed by atoms with Gasteiger partial charge in [-0.05, 0) is 75.7 Å². The summed E-state index contributed by atoms with van der Waals surface area (Å²) in [6, 6.07) is 2.28. The van der Waals surface area contributed by atoms with Crippen LogP contribution in [0.5, 0.6) is 0 Å². The molecule has 1 aromatic carbocycles. The third kappa shape index (κ3) is 2.48. The minimum atomic E-state index is -0.419. The second kappa shape index (κ2) is 5.97. The molecule has 3 atom stereocenters. The molecule has 2 bridgehead atoms. The van der Waals surface area contributed by atoms with E-state index in [2.05, 4.69) is 48.8 Å². The van der Waals surface area contributed by atoms with Gasteiger partial charge in [0.2, 0.25) is 0 Å². The molecule has 0 saturated heterocycles. The molecule has 0 spiro atoms. The molecule has 0 amide bonds. The highest BCUT2D eigenvalue weighted by Crippen LogP contribution is 2.51. The zero-order valence-electron chi connectivity index (χ0n) is 12.0. The van der Waals surface area contributed by atoms with E-state index in [1.807, 2.05) is 6.07 Å². The summed E-state index contributed by atoms with van der Waals surface area (Å²) in [6.07, 6.45) is 3.75. The molecule has 122 valence electrons. The lowest BCUT2D eigenvalue weighted by Crippen LogP contribution is -2.40. The van der Waals surface area contributed by atoms with Gasteiger partial charge < -0.3 is 10.4 Å². The summed E-state index contributed by atoms with van der Waals surface area (Å²) in [5, 5.41) is 14.1. The number of anilines is 1. The van der Waals surface area contributed by atoms with Gasteiger partial charge in [0.1, 0.15) is 10.7 Å². The summed E-state index contributed by atoms with van der Waals surface area (Å²) in [6.45, 7) is -0.222. The highest BCUT2D eigenvalue weighted by atomic mass is 127. The summed E-state index contributed by atoms with van der Waals surface area (Å²) in [5.41, 5.74) is 1.50. The number of halogens is 4. The number of aromatic nitrogens is 1. The standard InChI is InChI=1S/C16H14BrClFIN2O/c17-11-10(20)4-8-14(21-13-6-1-2-7(13)3-6)9(5-23)16(18)22-15(8)12(11)19/h4,6-7,13,23H,1-3,5H2,(H,21,22)/t6-,7+,13?. The topological polar surface area (TPSA) is 45.2 Å². The monoisotopic (exact) mass is 510 g/mol. The van der Waals surface area contributed by atoms with Crippen LogP contribution in [0.15, 0.2) is 10.5 Å².